The molecule has 4 aliphatic carbocycles. The highest BCUT2D eigenvalue weighted by atomic mass is 15.2. The first kappa shape index (κ1) is 33.2. The van der Waals surface area contributed by atoms with Crippen molar-refractivity contribution in [3.8, 4) is 22.3 Å². The lowest BCUT2D eigenvalue weighted by molar-refractivity contribution is 0.526. The minimum atomic E-state index is 0.244. The molecule has 1 aliphatic heterocycles. The first-order valence-electron chi connectivity index (χ1n) is 20.6. The lowest BCUT2D eigenvalue weighted by atomic mass is 9.67. The van der Waals surface area contributed by atoms with Crippen molar-refractivity contribution in [3.05, 3.63) is 227 Å². The van der Waals surface area contributed by atoms with Crippen LogP contribution in [0.5, 0.6) is 0 Å². The zero-order valence-corrected chi connectivity index (χ0v) is 31.7. The highest BCUT2D eigenvalue weighted by Gasteiger charge is 2.39. The molecule has 0 aromatic heterocycles. The Bertz CT molecular complexity index is 2620. The second-order valence-corrected chi connectivity index (χ2v) is 16.3. The van der Waals surface area contributed by atoms with Crippen LogP contribution in [0.4, 0.5) is 11.4 Å². The Labute approximate surface area is 331 Å². The van der Waals surface area contributed by atoms with E-state index in [0.717, 1.165) is 19.3 Å². The van der Waals surface area contributed by atoms with Crippen molar-refractivity contribution in [1.29, 1.82) is 0 Å². The van der Waals surface area contributed by atoms with Crippen LogP contribution in [0, 0.1) is 11.8 Å². The molecular weight excluding hydrogens is 675 g/mol. The number of aryl methyl sites for hydroxylation is 1. The summed E-state index contributed by atoms with van der Waals surface area (Å²) in [5.41, 5.74) is 20.9. The Hall–Kier alpha value is -6.18. The molecule has 1 heterocycles. The normalized spacial score (nSPS) is 21.5. The second-order valence-electron chi connectivity index (χ2n) is 16.3. The van der Waals surface area contributed by atoms with Crippen LogP contribution in [-0.2, 0) is 12.8 Å². The molecule has 1 nitrogen and oxygen atoms in total. The number of hydrogen-bond acceptors (Lipinski definition) is 1. The van der Waals surface area contributed by atoms with Crippen molar-refractivity contribution in [2.75, 3.05) is 4.90 Å². The average Bonchev–Trinajstić information content (AvgIpc) is 3.51. The number of hydrogen-bond donors (Lipinski definition) is 0. The summed E-state index contributed by atoms with van der Waals surface area (Å²) in [4.78, 5) is 2.54. The third kappa shape index (κ3) is 5.77. The van der Waals surface area contributed by atoms with E-state index >= 15 is 0 Å². The molecule has 4 atom stereocenters. The van der Waals surface area contributed by atoms with Gasteiger partial charge in [0.2, 0.25) is 0 Å². The average molecular weight is 720 g/mol. The van der Waals surface area contributed by atoms with Crippen LogP contribution in [0.2, 0.25) is 0 Å². The van der Waals surface area contributed by atoms with E-state index in [2.05, 4.69) is 193 Å². The number of allylic oxidation sites excluding steroid dienone is 8. The molecule has 1 saturated carbocycles. The first-order valence-corrected chi connectivity index (χ1v) is 20.6. The molecule has 3 unspecified atom stereocenters. The van der Waals surface area contributed by atoms with Crippen molar-refractivity contribution in [2.24, 2.45) is 11.8 Å². The summed E-state index contributed by atoms with van der Waals surface area (Å²) >= 11 is 0. The molecule has 6 aromatic carbocycles. The van der Waals surface area contributed by atoms with Gasteiger partial charge in [0.05, 0.1) is 6.04 Å². The molecule has 56 heavy (non-hydrogen) atoms. The molecule has 0 radical (unpaired) electrons. The van der Waals surface area contributed by atoms with Crippen molar-refractivity contribution >= 4 is 22.5 Å². The van der Waals surface area contributed by atoms with Gasteiger partial charge >= 0.3 is 0 Å². The van der Waals surface area contributed by atoms with Gasteiger partial charge in [0, 0.05) is 17.3 Å². The van der Waals surface area contributed by atoms with Crippen molar-refractivity contribution < 1.29 is 0 Å². The maximum Gasteiger partial charge on any atom is 0.0630 e. The van der Waals surface area contributed by atoms with Crippen molar-refractivity contribution in [3.63, 3.8) is 0 Å². The highest BCUT2D eigenvalue weighted by Crippen LogP contribution is 2.52. The summed E-state index contributed by atoms with van der Waals surface area (Å²) < 4.78 is 0. The van der Waals surface area contributed by atoms with Crippen LogP contribution >= 0.6 is 0 Å². The van der Waals surface area contributed by atoms with Crippen LogP contribution in [0.1, 0.15) is 53.0 Å². The monoisotopic (exact) mass is 719 g/mol. The van der Waals surface area contributed by atoms with Gasteiger partial charge in [-0.05, 0) is 135 Å². The van der Waals surface area contributed by atoms with Gasteiger partial charge in [0.15, 0.2) is 0 Å². The topological polar surface area (TPSA) is 3.24 Å². The number of nitrogens with zero attached hydrogens (tertiary/aromatic N) is 1. The Morgan fingerprint density at radius 1 is 0.625 bits per heavy atom. The van der Waals surface area contributed by atoms with Gasteiger partial charge in [0.1, 0.15) is 0 Å². The molecule has 0 N–H and O–H groups in total. The minimum Gasteiger partial charge on any atom is -0.333 e. The summed E-state index contributed by atoms with van der Waals surface area (Å²) in [5.74, 6) is 1.38. The molecule has 6 aromatic rings. The molecule has 5 aliphatic rings. The lowest BCUT2D eigenvalue weighted by Crippen LogP contribution is -2.29. The number of anilines is 2. The number of benzene rings is 6. The zero-order valence-electron chi connectivity index (χ0n) is 31.7. The summed E-state index contributed by atoms with van der Waals surface area (Å²) in [5, 5.41) is 0. The van der Waals surface area contributed by atoms with Crippen LogP contribution in [0.25, 0.3) is 33.4 Å². The standard InChI is InChI=1S/C55H45N/c1-3-12-38(13-4-1)40-25-29-47(30-26-40)56-53-20-8-7-18-50(53)52-36-44(28-32-54(52)56)43-23-24-46-34-45(48-19-10-16-41-27-31-49(41)55(48)51(46)35-43)22-21-37-11-9-17-42(33-37)39-14-5-2-6-15-39/h1-20,23-26,28-30,32-33,35-36,41,45,52,54H,21-22,27,31,34H2/t41-,45?,52?,54?/m0/s1. The molecule has 0 bridgehead atoms. The van der Waals surface area contributed by atoms with Gasteiger partial charge in [-0.3, -0.25) is 0 Å². The van der Waals surface area contributed by atoms with Gasteiger partial charge in [0.25, 0.3) is 0 Å². The molecule has 1 heteroatoms. The smallest absolute Gasteiger partial charge is 0.0630 e. The lowest BCUT2D eigenvalue weighted by Gasteiger charge is -2.37. The van der Waals surface area contributed by atoms with Gasteiger partial charge < -0.3 is 4.90 Å². The van der Waals surface area contributed by atoms with Crippen LogP contribution in [0.15, 0.2) is 199 Å². The third-order valence-electron chi connectivity index (χ3n) is 13.1. The molecule has 0 amide bonds. The van der Waals surface area contributed by atoms with Crippen LogP contribution in [0.3, 0.4) is 0 Å². The Morgan fingerprint density at radius 3 is 2.16 bits per heavy atom. The van der Waals surface area contributed by atoms with E-state index in [1.807, 2.05) is 0 Å². The SMILES string of the molecule is C1=C[C@H]2CCC2=C2C(=C1)C(CCc1cccc(-c3ccccc3)c1)Cc1ccc(C3=CC4c5ccccc5N(c5ccc(-c6ccccc6)cc5)C4C=C3)cc12. The first-order chi connectivity index (χ1) is 27.7. The van der Waals surface area contributed by atoms with Gasteiger partial charge in [-0.15, -0.1) is 0 Å². The zero-order chi connectivity index (χ0) is 37.0. The summed E-state index contributed by atoms with van der Waals surface area (Å²) in [6.07, 6.45) is 20.5. The molecular formula is C55H45N. The Balaban J connectivity index is 0.897. The van der Waals surface area contributed by atoms with Crippen molar-refractivity contribution in [1.82, 2.24) is 0 Å². The fraction of sp³-hybridized carbons (Fsp3) is 0.164. The maximum absolute atomic E-state index is 2.55. The van der Waals surface area contributed by atoms with Crippen LogP contribution < -0.4 is 4.90 Å². The van der Waals surface area contributed by atoms with E-state index in [9.17, 15) is 0 Å². The predicted octanol–water partition coefficient (Wildman–Crippen LogP) is 13.7. The van der Waals surface area contributed by atoms with E-state index in [0.29, 0.717) is 11.8 Å². The second kappa shape index (κ2) is 13.8. The van der Waals surface area contributed by atoms with Crippen LogP contribution in [-0.4, -0.2) is 6.04 Å². The van der Waals surface area contributed by atoms with E-state index < -0.39 is 0 Å². The largest absolute Gasteiger partial charge is 0.333 e. The molecule has 0 saturated heterocycles. The third-order valence-corrected chi connectivity index (χ3v) is 13.1. The summed E-state index contributed by atoms with van der Waals surface area (Å²) in [7, 11) is 0. The minimum absolute atomic E-state index is 0.244. The Kier molecular flexibility index (Phi) is 8.20. The molecule has 0 spiro atoms. The predicted molar refractivity (Wildman–Crippen MR) is 235 cm³/mol. The van der Waals surface area contributed by atoms with E-state index in [1.54, 1.807) is 16.7 Å². The highest BCUT2D eigenvalue weighted by molar-refractivity contribution is 5.90. The maximum atomic E-state index is 2.55. The summed E-state index contributed by atoms with van der Waals surface area (Å²) in [6, 6.07) is 56.5. The van der Waals surface area contributed by atoms with E-state index in [4.69, 9.17) is 0 Å². The number of para-hydroxylation sites is 1. The number of fused-ring (bicyclic) bond motifs is 7. The molecule has 11 rings (SSSR count). The fourth-order valence-corrected chi connectivity index (χ4v) is 10.2. The van der Waals surface area contributed by atoms with Gasteiger partial charge in [-0.2, -0.15) is 0 Å². The van der Waals surface area contributed by atoms with Crippen molar-refractivity contribution in [2.45, 2.75) is 44.1 Å². The Morgan fingerprint density at radius 2 is 1.36 bits per heavy atom. The fourth-order valence-electron chi connectivity index (χ4n) is 10.2. The van der Waals surface area contributed by atoms with E-state index in [1.165, 1.54) is 79.9 Å². The quantitative estimate of drug-likeness (QED) is 0.159. The molecule has 270 valence electrons. The summed E-state index contributed by atoms with van der Waals surface area (Å²) in [6.45, 7) is 0. The molecule has 1 fully saturated rings. The number of rotatable bonds is 7. The van der Waals surface area contributed by atoms with Gasteiger partial charge in [-0.1, -0.05) is 169 Å². The van der Waals surface area contributed by atoms with E-state index in [-0.39, 0.29) is 12.0 Å². The van der Waals surface area contributed by atoms with Gasteiger partial charge in [-0.25, -0.2) is 0 Å².